The molecule has 1 aliphatic heterocycles. The third-order valence-electron chi connectivity index (χ3n) is 5.34. The van der Waals surface area contributed by atoms with Gasteiger partial charge in [-0.2, -0.15) is 5.10 Å². The van der Waals surface area contributed by atoms with Crippen LogP contribution in [0.3, 0.4) is 0 Å². The lowest BCUT2D eigenvalue weighted by atomic mass is 10.0. The van der Waals surface area contributed by atoms with Gasteiger partial charge in [-0.15, -0.1) is 11.3 Å². The van der Waals surface area contributed by atoms with Gasteiger partial charge in [-0.3, -0.25) is 14.6 Å². The highest BCUT2D eigenvalue weighted by molar-refractivity contribution is 7.11. The zero-order valence-corrected chi connectivity index (χ0v) is 16.3. The molecule has 140 valence electrons. The van der Waals surface area contributed by atoms with Crippen LogP contribution in [0.1, 0.15) is 34.1 Å². The van der Waals surface area contributed by atoms with Crippen molar-refractivity contribution in [2.75, 3.05) is 32.7 Å². The molecule has 0 bridgehead atoms. The van der Waals surface area contributed by atoms with Crippen LogP contribution in [0.4, 0.5) is 0 Å². The lowest BCUT2D eigenvalue weighted by molar-refractivity contribution is 0.122. The number of hydrogen-bond acceptors (Lipinski definition) is 6. The quantitative estimate of drug-likeness (QED) is 0.799. The standard InChI is InChI=1S/C19H27N5OS/c1-15-6-7-19(25)24(21-15)13-12-22-8-10-23(11-9-22)14-18-20-16-4-2-3-5-17(16)26-18/h6-7H,2-5,8-14H2,1H3. The van der Waals surface area contributed by atoms with E-state index in [1.165, 1.54) is 41.3 Å². The Balaban J connectivity index is 1.25. The molecule has 0 unspecified atom stereocenters. The molecule has 1 saturated heterocycles. The second-order valence-electron chi connectivity index (χ2n) is 7.34. The van der Waals surface area contributed by atoms with Crippen LogP contribution in [0.25, 0.3) is 0 Å². The number of fused-ring (bicyclic) bond motifs is 1. The van der Waals surface area contributed by atoms with Gasteiger partial charge < -0.3 is 0 Å². The molecule has 0 atom stereocenters. The number of piperazine rings is 1. The molecule has 1 aliphatic carbocycles. The largest absolute Gasteiger partial charge is 0.299 e. The summed E-state index contributed by atoms with van der Waals surface area (Å²) in [5.41, 5.74) is 2.24. The fourth-order valence-corrected chi connectivity index (χ4v) is 4.98. The van der Waals surface area contributed by atoms with Crippen molar-refractivity contribution in [3.8, 4) is 0 Å². The predicted molar refractivity (Wildman–Crippen MR) is 104 cm³/mol. The van der Waals surface area contributed by atoms with Crippen molar-refractivity contribution in [2.24, 2.45) is 0 Å². The Bertz CT molecular complexity index is 783. The van der Waals surface area contributed by atoms with Crippen molar-refractivity contribution >= 4 is 11.3 Å². The van der Waals surface area contributed by atoms with Crippen LogP contribution in [0.5, 0.6) is 0 Å². The van der Waals surface area contributed by atoms with Crippen LogP contribution in [0.15, 0.2) is 16.9 Å². The van der Waals surface area contributed by atoms with Crippen molar-refractivity contribution in [1.82, 2.24) is 24.6 Å². The van der Waals surface area contributed by atoms with E-state index in [0.717, 1.165) is 45.0 Å². The molecule has 1 fully saturated rings. The second kappa shape index (κ2) is 7.98. The Morgan fingerprint density at radius 2 is 1.81 bits per heavy atom. The maximum absolute atomic E-state index is 11.9. The van der Waals surface area contributed by atoms with Gasteiger partial charge in [-0.1, -0.05) is 0 Å². The third kappa shape index (κ3) is 4.22. The van der Waals surface area contributed by atoms with Gasteiger partial charge in [-0.25, -0.2) is 9.67 Å². The zero-order valence-electron chi connectivity index (χ0n) is 15.5. The van der Waals surface area contributed by atoms with Crippen molar-refractivity contribution in [1.29, 1.82) is 0 Å². The monoisotopic (exact) mass is 373 g/mol. The molecule has 0 radical (unpaired) electrons. The van der Waals surface area contributed by atoms with Gasteiger partial charge >= 0.3 is 0 Å². The minimum Gasteiger partial charge on any atom is -0.299 e. The highest BCUT2D eigenvalue weighted by atomic mass is 32.1. The van der Waals surface area contributed by atoms with Crippen molar-refractivity contribution in [3.63, 3.8) is 0 Å². The van der Waals surface area contributed by atoms with Crippen LogP contribution in [-0.2, 0) is 25.9 Å². The van der Waals surface area contributed by atoms with E-state index in [0.29, 0.717) is 6.54 Å². The molecule has 2 aromatic heterocycles. The summed E-state index contributed by atoms with van der Waals surface area (Å²) in [5, 5.41) is 5.61. The fraction of sp³-hybridized carbons (Fsp3) is 0.632. The number of thiazole rings is 1. The number of hydrogen-bond donors (Lipinski definition) is 0. The van der Waals surface area contributed by atoms with Crippen molar-refractivity contribution < 1.29 is 0 Å². The minimum absolute atomic E-state index is 0.0121. The lowest BCUT2D eigenvalue weighted by Crippen LogP contribution is -2.47. The first-order chi connectivity index (χ1) is 12.7. The highest BCUT2D eigenvalue weighted by Crippen LogP contribution is 2.27. The van der Waals surface area contributed by atoms with Crippen LogP contribution in [0, 0.1) is 6.92 Å². The molecule has 2 aliphatic rings. The Labute approximate surface area is 158 Å². The lowest BCUT2D eigenvalue weighted by Gasteiger charge is -2.34. The molecule has 0 saturated carbocycles. The molecule has 0 N–H and O–H groups in total. The van der Waals surface area contributed by atoms with Gasteiger partial charge in [-0.05, 0) is 38.7 Å². The molecule has 7 heteroatoms. The van der Waals surface area contributed by atoms with E-state index in [1.807, 2.05) is 18.3 Å². The van der Waals surface area contributed by atoms with Crippen molar-refractivity contribution in [3.05, 3.63) is 43.8 Å². The SMILES string of the molecule is Cc1ccc(=O)n(CCN2CCN(Cc3nc4c(s3)CCCC4)CC2)n1. The van der Waals surface area contributed by atoms with Gasteiger partial charge in [0.05, 0.1) is 24.5 Å². The Morgan fingerprint density at radius 1 is 1.04 bits per heavy atom. The van der Waals surface area contributed by atoms with E-state index < -0.39 is 0 Å². The van der Waals surface area contributed by atoms with Crippen molar-refractivity contribution in [2.45, 2.75) is 45.7 Å². The molecule has 6 nitrogen and oxygen atoms in total. The summed E-state index contributed by atoms with van der Waals surface area (Å²) in [6.45, 7) is 8.70. The topological polar surface area (TPSA) is 54.3 Å². The number of nitrogens with zero attached hydrogens (tertiary/aromatic N) is 5. The molecule has 26 heavy (non-hydrogen) atoms. The van der Waals surface area contributed by atoms with E-state index in [9.17, 15) is 4.79 Å². The van der Waals surface area contributed by atoms with Crippen LogP contribution in [0.2, 0.25) is 0 Å². The molecule has 4 rings (SSSR count). The van der Waals surface area contributed by atoms with E-state index in [2.05, 4.69) is 14.9 Å². The minimum atomic E-state index is -0.0121. The molecular weight excluding hydrogens is 346 g/mol. The van der Waals surface area contributed by atoms with Gasteiger partial charge in [0.15, 0.2) is 0 Å². The Hall–Kier alpha value is -1.57. The first-order valence-corrected chi connectivity index (χ1v) is 10.5. The van der Waals surface area contributed by atoms with Crippen LogP contribution >= 0.6 is 11.3 Å². The van der Waals surface area contributed by atoms with E-state index >= 15 is 0 Å². The van der Waals surface area contributed by atoms with Crippen LogP contribution < -0.4 is 5.56 Å². The summed E-state index contributed by atoms with van der Waals surface area (Å²) in [7, 11) is 0. The van der Waals surface area contributed by atoms with Gasteiger partial charge in [0, 0.05) is 43.7 Å². The molecule has 0 amide bonds. The van der Waals surface area contributed by atoms with E-state index in [1.54, 1.807) is 16.8 Å². The Kier molecular flexibility index (Phi) is 5.47. The van der Waals surface area contributed by atoms with Gasteiger partial charge in [0.2, 0.25) is 0 Å². The first-order valence-electron chi connectivity index (χ1n) is 9.64. The summed E-state index contributed by atoms with van der Waals surface area (Å²) < 4.78 is 1.59. The number of rotatable bonds is 5. The maximum atomic E-state index is 11.9. The average molecular weight is 374 g/mol. The summed E-state index contributed by atoms with van der Waals surface area (Å²) in [5.74, 6) is 0. The number of aromatic nitrogens is 3. The molecular formula is C19H27N5OS. The zero-order chi connectivity index (χ0) is 17.9. The molecule has 0 aromatic carbocycles. The highest BCUT2D eigenvalue weighted by Gasteiger charge is 2.20. The first kappa shape index (κ1) is 17.8. The van der Waals surface area contributed by atoms with Gasteiger partial charge in [0.25, 0.3) is 5.56 Å². The average Bonchev–Trinajstić information content (AvgIpc) is 3.06. The predicted octanol–water partition coefficient (Wildman–Crippen LogP) is 1.70. The summed E-state index contributed by atoms with van der Waals surface area (Å²) in [6.07, 6.45) is 5.03. The van der Waals surface area contributed by atoms with Crippen LogP contribution in [-0.4, -0.2) is 57.3 Å². The van der Waals surface area contributed by atoms with E-state index in [-0.39, 0.29) is 5.56 Å². The summed E-state index contributed by atoms with van der Waals surface area (Å²) in [4.78, 5) is 23.2. The number of aryl methyl sites for hydroxylation is 3. The molecule has 3 heterocycles. The Morgan fingerprint density at radius 3 is 2.62 bits per heavy atom. The van der Waals surface area contributed by atoms with Gasteiger partial charge in [0.1, 0.15) is 5.01 Å². The third-order valence-corrected chi connectivity index (χ3v) is 6.48. The second-order valence-corrected chi connectivity index (χ2v) is 8.51. The normalized spacial score (nSPS) is 18.8. The smallest absolute Gasteiger partial charge is 0.266 e. The molecule has 2 aromatic rings. The maximum Gasteiger partial charge on any atom is 0.266 e. The summed E-state index contributed by atoms with van der Waals surface area (Å²) >= 11 is 1.93. The molecule has 0 spiro atoms. The van der Waals surface area contributed by atoms with E-state index in [4.69, 9.17) is 4.98 Å². The summed E-state index contributed by atoms with van der Waals surface area (Å²) in [6, 6.07) is 3.38. The fourth-order valence-electron chi connectivity index (χ4n) is 3.78.